The third-order valence-electron chi connectivity index (χ3n) is 3.00. The van der Waals surface area contributed by atoms with Crippen LogP contribution in [-0.4, -0.2) is 18.0 Å². The van der Waals surface area contributed by atoms with E-state index in [-0.39, 0.29) is 17.2 Å². The van der Waals surface area contributed by atoms with Gasteiger partial charge in [-0.2, -0.15) is 0 Å². The molecule has 0 fully saturated rings. The molecule has 5 heteroatoms. The summed E-state index contributed by atoms with van der Waals surface area (Å²) in [7, 11) is 1.42. The molecule has 16 heavy (non-hydrogen) atoms. The van der Waals surface area contributed by atoms with E-state index in [2.05, 4.69) is 0 Å². The molecule has 0 amide bonds. The summed E-state index contributed by atoms with van der Waals surface area (Å²) in [5.41, 5.74) is 1.15. The first-order valence-corrected chi connectivity index (χ1v) is 6.15. The van der Waals surface area contributed by atoms with Gasteiger partial charge >= 0.3 is 0 Å². The van der Waals surface area contributed by atoms with Crippen molar-refractivity contribution in [2.45, 2.75) is 25.8 Å². The number of methoxy groups -OCH3 is 1. The van der Waals surface area contributed by atoms with Gasteiger partial charge in [-0.3, -0.25) is 9.59 Å². The molecule has 0 N–H and O–H groups in total. The number of hydrogen-bond acceptors (Lipinski definition) is 3. The summed E-state index contributed by atoms with van der Waals surface area (Å²) in [5.74, 6) is 0.164. The lowest BCUT2D eigenvalue weighted by atomic mass is 10.2. The maximum atomic E-state index is 11.9. The molecule has 1 aliphatic rings. The summed E-state index contributed by atoms with van der Waals surface area (Å²) < 4.78 is 7.65. The summed E-state index contributed by atoms with van der Waals surface area (Å²) in [6, 6.07) is 0.248. The molecular weight excluding hydrogens is 321 g/mol. The van der Waals surface area contributed by atoms with Crippen molar-refractivity contribution < 1.29 is 9.53 Å². The fourth-order valence-electron chi connectivity index (χ4n) is 2.22. The standard InChI is InChI=1S/C11H12INO3/c1-6-3-4-7-9(12)10(15)11(16-2)8(5-14)13(6)7/h5-6H,3-4H2,1-2H3/t6-/m1/s1. The van der Waals surface area contributed by atoms with Crippen molar-refractivity contribution in [3.05, 3.63) is 25.2 Å². The molecule has 2 rings (SSSR count). The Balaban J connectivity index is 2.86. The third-order valence-corrected chi connectivity index (χ3v) is 4.11. The van der Waals surface area contributed by atoms with E-state index >= 15 is 0 Å². The van der Waals surface area contributed by atoms with E-state index in [1.54, 1.807) is 0 Å². The van der Waals surface area contributed by atoms with Crippen LogP contribution in [0.2, 0.25) is 0 Å². The van der Waals surface area contributed by atoms with Gasteiger partial charge in [-0.25, -0.2) is 0 Å². The maximum Gasteiger partial charge on any atom is 0.237 e. The van der Waals surface area contributed by atoms with Crippen LogP contribution in [0.25, 0.3) is 0 Å². The zero-order chi connectivity index (χ0) is 11.9. The van der Waals surface area contributed by atoms with E-state index in [1.165, 1.54) is 7.11 Å². The smallest absolute Gasteiger partial charge is 0.237 e. The highest BCUT2D eigenvalue weighted by molar-refractivity contribution is 14.1. The number of rotatable bonds is 2. The van der Waals surface area contributed by atoms with Crippen LogP contribution < -0.4 is 10.2 Å². The average Bonchev–Trinajstić information content (AvgIpc) is 2.66. The van der Waals surface area contributed by atoms with Gasteiger partial charge in [0.25, 0.3) is 0 Å². The molecular formula is C11H12INO3. The second-order valence-corrected chi connectivity index (χ2v) is 4.96. The summed E-state index contributed by atoms with van der Waals surface area (Å²) in [6.45, 7) is 2.05. The lowest BCUT2D eigenvalue weighted by Gasteiger charge is -2.16. The third kappa shape index (κ3) is 1.49. The molecule has 1 aromatic rings. The highest BCUT2D eigenvalue weighted by Gasteiger charge is 2.27. The zero-order valence-electron chi connectivity index (χ0n) is 9.12. The maximum absolute atomic E-state index is 11.9. The Labute approximate surface area is 107 Å². The molecule has 0 bridgehead atoms. The van der Waals surface area contributed by atoms with Gasteiger partial charge in [0.05, 0.1) is 10.7 Å². The molecule has 4 nitrogen and oxygen atoms in total. The fourth-order valence-corrected chi connectivity index (χ4v) is 3.00. The predicted molar refractivity (Wildman–Crippen MR) is 68.4 cm³/mol. The summed E-state index contributed by atoms with van der Waals surface area (Å²) in [4.78, 5) is 23.1. The molecule has 0 radical (unpaired) electrons. The number of carbonyl (C=O) groups excluding carboxylic acids is 1. The van der Waals surface area contributed by atoms with Gasteiger partial charge in [-0.15, -0.1) is 0 Å². The van der Waals surface area contributed by atoms with Crippen molar-refractivity contribution in [2.24, 2.45) is 0 Å². The Morgan fingerprint density at radius 2 is 2.25 bits per heavy atom. The van der Waals surface area contributed by atoms with Gasteiger partial charge in [0.15, 0.2) is 12.0 Å². The molecule has 0 saturated carbocycles. The van der Waals surface area contributed by atoms with Gasteiger partial charge in [-0.1, -0.05) is 0 Å². The number of nitrogens with zero attached hydrogens (tertiary/aromatic N) is 1. The fraction of sp³-hybridized carbons (Fsp3) is 0.455. The van der Waals surface area contributed by atoms with Crippen molar-refractivity contribution in [3.8, 4) is 5.75 Å². The van der Waals surface area contributed by atoms with Crippen LogP contribution in [0.15, 0.2) is 4.79 Å². The van der Waals surface area contributed by atoms with Gasteiger partial charge in [0, 0.05) is 11.7 Å². The van der Waals surface area contributed by atoms with Crippen LogP contribution >= 0.6 is 22.6 Å². The number of hydrogen-bond donors (Lipinski definition) is 0. The number of aromatic nitrogens is 1. The monoisotopic (exact) mass is 333 g/mol. The second-order valence-electron chi connectivity index (χ2n) is 3.88. The van der Waals surface area contributed by atoms with E-state index < -0.39 is 0 Å². The largest absolute Gasteiger partial charge is 0.491 e. The van der Waals surface area contributed by atoms with Gasteiger partial charge in [0.1, 0.15) is 5.69 Å². The highest BCUT2D eigenvalue weighted by atomic mass is 127. The molecule has 0 unspecified atom stereocenters. The van der Waals surface area contributed by atoms with Gasteiger partial charge in [-0.05, 0) is 42.4 Å². The Morgan fingerprint density at radius 3 is 2.81 bits per heavy atom. The zero-order valence-corrected chi connectivity index (χ0v) is 11.3. The number of carbonyl (C=O) groups is 1. The van der Waals surface area contributed by atoms with Crippen LogP contribution in [0, 0.1) is 3.57 Å². The molecule has 1 aliphatic heterocycles. The lowest BCUT2D eigenvalue weighted by molar-refractivity contribution is 0.111. The molecule has 1 aromatic heterocycles. The van der Waals surface area contributed by atoms with Gasteiger partial charge in [0.2, 0.25) is 5.43 Å². The SMILES string of the molecule is COc1c(C=O)n2c(c(I)c1=O)CC[C@H]2C. The van der Waals surface area contributed by atoms with Crippen LogP contribution in [0.3, 0.4) is 0 Å². The minimum Gasteiger partial charge on any atom is -0.491 e. The number of aldehydes is 1. The molecule has 1 atom stereocenters. The number of pyridine rings is 1. The average molecular weight is 333 g/mol. The number of halogens is 1. The first-order valence-electron chi connectivity index (χ1n) is 5.07. The van der Waals surface area contributed by atoms with Gasteiger partial charge < -0.3 is 9.30 Å². The minimum atomic E-state index is -0.175. The van der Waals surface area contributed by atoms with Crippen molar-refractivity contribution in [1.29, 1.82) is 0 Å². The predicted octanol–water partition coefficient (Wildman–Crippen LogP) is 1.78. The molecule has 86 valence electrons. The molecule has 0 aliphatic carbocycles. The van der Waals surface area contributed by atoms with Crippen molar-refractivity contribution in [2.75, 3.05) is 7.11 Å². The number of fused-ring (bicyclic) bond motifs is 1. The Morgan fingerprint density at radius 1 is 1.56 bits per heavy atom. The van der Waals surface area contributed by atoms with E-state index in [0.717, 1.165) is 18.5 Å². The number of ether oxygens (including phenoxy) is 1. The topological polar surface area (TPSA) is 48.3 Å². The molecule has 0 spiro atoms. The van der Waals surface area contributed by atoms with E-state index in [1.807, 2.05) is 34.1 Å². The normalized spacial score (nSPS) is 18.3. The van der Waals surface area contributed by atoms with E-state index in [0.29, 0.717) is 15.6 Å². The Kier molecular flexibility index (Phi) is 3.05. The van der Waals surface area contributed by atoms with E-state index in [4.69, 9.17) is 4.74 Å². The summed E-state index contributed by atoms with van der Waals surface area (Å²) in [5, 5.41) is 0. The molecule has 0 saturated heterocycles. The Bertz CT molecular complexity index is 507. The van der Waals surface area contributed by atoms with Crippen molar-refractivity contribution in [1.82, 2.24) is 4.57 Å². The lowest BCUT2D eigenvalue weighted by Crippen LogP contribution is -2.21. The molecule has 0 aromatic carbocycles. The van der Waals surface area contributed by atoms with Crippen molar-refractivity contribution >= 4 is 28.9 Å². The minimum absolute atomic E-state index is 0.164. The van der Waals surface area contributed by atoms with E-state index in [9.17, 15) is 9.59 Å². The van der Waals surface area contributed by atoms with Crippen LogP contribution in [0.1, 0.15) is 35.6 Å². The molecule has 2 heterocycles. The van der Waals surface area contributed by atoms with Crippen LogP contribution in [0.4, 0.5) is 0 Å². The van der Waals surface area contributed by atoms with Crippen molar-refractivity contribution in [3.63, 3.8) is 0 Å². The van der Waals surface area contributed by atoms with Crippen LogP contribution in [-0.2, 0) is 6.42 Å². The highest BCUT2D eigenvalue weighted by Crippen LogP contribution is 2.31. The quantitative estimate of drug-likeness (QED) is 0.612. The summed E-state index contributed by atoms with van der Waals surface area (Å²) in [6.07, 6.45) is 2.52. The first-order chi connectivity index (χ1) is 7.61. The summed E-state index contributed by atoms with van der Waals surface area (Å²) >= 11 is 2.03. The second kappa shape index (κ2) is 4.20. The Hall–Kier alpha value is -0.850. The first kappa shape index (κ1) is 11.6. The van der Waals surface area contributed by atoms with Crippen LogP contribution in [0.5, 0.6) is 5.75 Å².